The molecule has 0 saturated carbocycles. The van der Waals surface area contributed by atoms with Gasteiger partial charge in [0.1, 0.15) is 5.82 Å². The van der Waals surface area contributed by atoms with Crippen LogP contribution in [0.3, 0.4) is 0 Å². The molecule has 5 nitrogen and oxygen atoms in total. The third-order valence-corrected chi connectivity index (χ3v) is 6.09. The second kappa shape index (κ2) is 6.29. The van der Waals surface area contributed by atoms with Crippen molar-refractivity contribution in [3.63, 3.8) is 0 Å². The minimum Gasteiger partial charge on any atom is -0.363 e. The van der Waals surface area contributed by atoms with E-state index >= 15 is 0 Å². The highest BCUT2D eigenvalue weighted by Gasteiger charge is 2.36. The summed E-state index contributed by atoms with van der Waals surface area (Å²) in [6.45, 7) is 0.557. The molecule has 1 unspecified atom stereocenters. The first-order valence-corrected chi connectivity index (χ1v) is 9.14. The van der Waals surface area contributed by atoms with Gasteiger partial charge >= 0.3 is 0 Å². The van der Waals surface area contributed by atoms with Crippen molar-refractivity contribution in [1.29, 1.82) is 0 Å². The lowest BCUT2D eigenvalue weighted by Crippen LogP contribution is -2.30. The topological polar surface area (TPSA) is 53.5 Å². The molecule has 0 aliphatic carbocycles. The molecule has 0 bridgehead atoms. The van der Waals surface area contributed by atoms with Crippen LogP contribution in [0.15, 0.2) is 53.6 Å². The fourth-order valence-corrected chi connectivity index (χ4v) is 4.68. The Balaban J connectivity index is 1.96. The molecule has 23 heavy (non-hydrogen) atoms. The average Bonchev–Trinajstić information content (AvgIpc) is 3.06. The van der Waals surface area contributed by atoms with Gasteiger partial charge in [0.15, 0.2) is 0 Å². The van der Waals surface area contributed by atoms with E-state index in [1.165, 1.54) is 0 Å². The highest BCUT2D eigenvalue weighted by molar-refractivity contribution is 7.89. The van der Waals surface area contributed by atoms with Crippen LogP contribution in [0.2, 0.25) is 0 Å². The Bertz CT molecular complexity index is 775. The lowest BCUT2D eigenvalue weighted by atomic mass is 10.1. The molecule has 1 aliphatic rings. The lowest BCUT2D eigenvalue weighted by molar-refractivity contribution is 0.396. The van der Waals surface area contributed by atoms with Crippen molar-refractivity contribution < 1.29 is 8.42 Å². The minimum atomic E-state index is -3.47. The molecule has 0 N–H and O–H groups in total. The predicted molar refractivity (Wildman–Crippen MR) is 90.9 cm³/mol. The summed E-state index contributed by atoms with van der Waals surface area (Å²) >= 11 is 0. The molecule has 2 heterocycles. The third-order valence-electron chi connectivity index (χ3n) is 4.17. The molecule has 0 spiro atoms. The van der Waals surface area contributed by atoms with E-state index < -0.39 is 10.0 Å². The zero-order valence-electron chi connectivity index (χ0n) is 13.4. The number of sulfonamides is 1. The number of rotatable bonds is 4. The van der Waals surface area contributed by atoms with Gasteiger partial charge in [-0.2, -0.15) is 4.31 Å². The molecular weight excluding hydrogens is 310 g/mol. The molecule has 6 heteroatoms. The fourth-order valence-electron chi connectivity index (χ4n) is 2.97. The maximum Gasteiger partial charge on any atom is 0.243 e. The van der Waals surface area contributed by atoms with Crippen LogP contribution in [0.5, 0.6) is 0 Å². The van der Waals surface area contributed by atoms with Crippen LogP contribution in [0, 0.1) is 0 Å². The van der Waals surface area contributed by atoms with E-state index in [2.05, 4.69) is 4.98 Å². The van der Waals surface area contributed by atoms with Gasteiger partial charge in [-0.15, -0.1) is 0 Å². The van der Waals surface area contributed by atoms with E-state index in [0.29, 0.717) is 11.4 Å². The van der Waals surface area contributed by atoms with Crippen molar-refractivity contribution in [2.24, 2.45) is 0 Å². The highest BCUT2D eigenvalue weighted by Crippen LogP contribution is 2.37. The number of aromatic nitrogens is 1. The average molecular weight is 331 g/mol. The molecule has 122 valence electrons. The van der Waals surface area contributed by atoms with Gasteiger partial charge in [0.25, 0.3) is 0 Å². The molecule has 1 fully saturated rings. The summed E-state index contributed by atoms with van der Waals surface area (Å²) in [7, 11) is 0.390. The van der Waals surface area contributed by atoms with Gasteiger partial charge in [-0.05, 0) is 42.7 Å². The Morgan fingerprint density at radius 2 is 1.91 bits per heavy atom. The van der Waals surface area contributed by atoms with Gasteiger partial charge in [0, 0.05) is 26.8 Å². The van der Waals surface area contributed by atoms with E-state index in [4.69, 9.17) is 0 Å². The smallest absolute Gasteiger partial charge is 0.243 e. The zero-order chi connectivity index (χ0) is 16.4. The SMILES string of the molecule is CN(C)c1cc(C2CCCN2S(=O)(=O)c2ccccc2)ccn1. The fraction of sp³-hybridized carbons (Fsp3) is 0.353. The summed E-state index contributed by atoms with van der Waals surface area (Å²) in [6, 6.07) is 12.4. The van der Waals surface area contributed by atoms with Crippen LogP contribution in [0.25, 0.3) is 0 Å². The van der Waals surface area contributed by atoms with Crippen LogP contribution < -0.4 is 4.90 Å². The molecule has 2 aromatic rings. The van der Waals surface area contributed by atoms with Crippen LogP contribution in [0.1, 0.15) is 24.4 Å². The Morgan fingerprint density at radius 1 is 1.17 bits per heavy atom. The number of benzene rings is 1. The number of nitrogens with zero attached hydrogens (tertiary/aromatic N) is 3. The monoisotopic (exact) mass is 331 g/mol. The summed E-state index contributed by atoms with van der Waals surface area (Å²) in [5.74, 6) is 0.839. The number of hydrogen-bond donors (Lipinski definition) is 0. The number of anilines is 1. The van der Waals surface area contributed by atoms with Gasteiger partial charge in [0.2, 0.25) is 10.0 Å². The maximum absolute atomic E-state index is 12.9. The van der Waals surface area contributed by atoms with Crippen LogP contribution in [-0.2, 0) is 10.0 Å². The Hall–Kier alpha value is -1.92. The highest BCUT2D eigenvalue weighted by atomic mass is 32.2. The Labute approximate surface area is 137 Å². The van der Waals surface area contributed by atoms with Crippen molar-refractivity contribution in [3.05, 3.63) is 54.2 Å². The molecule has 0 amide bonds. The number of hydrogen-bond acceptors (Lipinski definition) is 4. The minimum absolute atomic E-state index is 0.123. The van der Waals surface area contributed by atoms with E-state index in [9.17, 15) is 8.42 Å². The van der Waals surface area contributed by atoms with Gasteiger partial charge in [-0.1, -0.05) is 18.2 Å². The van der Waals surface area contributed by atoms with Crippen molar-refractivity contribution in [2.45, 2.75) is 23.8 Å². The van der Waals surface area contributed by atoms with E-state index in [1.807, 2.05) is 37.2 Å². The van der Waals surface area contributed by atoms with Crippen LogP contribution in [0.4, 0.5) is 5.82 Å². The summed E-state index contributed by atoms with van der Waals surface area (Å²) in [4.78, 5) is 6.59. The van der Waals surface area contributed by atoms with Gasteiger partial charge < -0.3 is 4.90 Å². The van der Waals surface area contributed by atoms with Crippen LogP contribution >= 0.6 is 0 Å². The van der Waals surface area contributed by atoms with Crippen molar-refractivity contribution >= 4 is 15.8 Å². The first kappa shape index (κ1) is 16.0. The molecule has 1 aliphatic heterocycles. The van der Waals surface area contributed by atoms with Crippen molar-refractivity contribution in [2.75, 3.05) is 25.5 Å². The number of pyridine rings is 1. The normalized spacial score (nSPS) is 19.0. The van der Waals surface area contributed by atoms with Crippen LogP contribution in [-0.4, -0.2) is 38.3 Å². The first-order valence-electron chi connectivity index (χ1n) is 7.70. The molecule has 0 radical (unpaired) electrons. The molecule has 1 atom stereocenters. The summed E-state index contributed by atoms with van der Waals surface area (Å²) in [5, 5.41) is 0. The third kappa shape index (κ3) is 3.09. The molecule has 3 rings (SSSR count). The zero-order valence-corrected chi connectivity index (χ0v) is 14.2. The van der Waals surface area contributed by atoms with Gasteiger partial charge in [-0.3, -0.25) is 0 Å². The largest absolute Gasteiger partial charge is 0.363 e. The van der Waals surface area contributed by atoms with E-state index in [0.717, 1.165) is 24.2 Å². The summed E-state index contributed by atoms with van der Waals surface area (Å²) in [6.07, 6.45) is 3.45. The summed E-state index contributed by atoms with van der Waals surface area (Å²) in [5.41, 5.74) is 1.00. The Morgan fingerprint density at radius 3 is 2.61 bits per heavy atom. The standard InChI is InChI=1S/C17H21N3O2S/c1-19(2)17-13-14(10-11-18-17)16-9-6-12-20(16)23(21,22)15-7-4-3-5-8-15/h3-5,7-8,10-11,13,16H,6,9,12H2,1-2H3. The second-order valence-corrected chi connectivity index (χ2v) is 7.82. The molecule has 1 aromatic heterocycles. The van der Waals surface area contributed by atoms with Gasteiger partial charge in [-0.25, -0.2) is 13.4 Å². The van der Waals surface area contributed by atoms with E-state index in [-0.39, 0.29) is 6.04 Å². The Kier molecular flexibility index (Phi) is 4.37. The molecular formula is C17H21N3O2S. The second-order valence-electron chi connectivity index (χ2n) is 5.93. The van der Waals surface area contributed by atoms with E-state index in [1.54, 1.807) is 34.8 Å². The lowest BCUT2D eigenvalue weighted by Gasteiger charge is -2.25. The van der Waals surface area contributed by atoms with Crippen molar-refractivity contribution in [1.82, 2.24) is 9.29 Å². The molecule has 1 saturated heterocycles. The van der Waals surface area contributed by atoms with Gasteiger partial charge in [0.05, 0.1) is 10.9 Å². The van der Waals surface area contributed by atoms with Crippen molar-refractivity contribution in [3.8, 4) is 0 Å². The quantitative estimate of drug-likeness (QED) is 0.864. The summed E-state index contributed by atoms with van der Waals surface area (Å²) < 4.78 is 27.5. The predicted octanol–water partition coefficient (Wildman–Crippen LogP) is 2.67. The first-order chi connectivity index (χ1) is 11.0. The maximum atomic E-state index is 12.9. The molecule has 1 aromatic carbocycles.